The van der Waals surface area contributed by atoms with Crippen LogP contribution in [0.1, 0.15) is 0 Å². The van der Waals surface area contributed by atoms with Gasteiger partial charge in [0.05, 0.1) is 17.1 Å². The van der Waals surface area contributed by atoms with Crippen molar-refractivity contribution in [3.63, 3.8) is 0 Å². The Morgan fingerprint density at radius 1 is 0.368 bits per heavy atom. The second kappa shape index (κ2) is 15.5. The molecule has 0 saturated heterocycles. The Hall–Kier alpha value is -8.61. The molecule has 10 aromatic carbocycles. The quantitative estimate of drug-likeness (QED) is 0.149. The fourth-order valence-corrected chi connectivity index (χ4v) is 11.7. The number of para-hydroxylation sites is 8. The summed E-state index contributed by atoms with van der Waals surface area (Å²) in [4.78, 5) is 7.59. The minimum atomic E-state index is 0.0541. The number of rotatable bonds is 8. The minimum absolute atomic E-state index is 0.0541. The lowest BCUT2D eigenvalue weighted by Gasteiger charge is -2.50. The van der Waals surface area contributed by atoms with Crippen molar-refractivity contribution in [1.82, 2.24) is 0 Å². The second-order valence-electron chi connectivity index (χ2n) is 18.2. The first-order valence-electron chi connectivity index (χ1n) is 23.6. The molecular formula is C60H42B3N5. The summed E-state index contributed by atoms with van der Waals surface area (Å²) >= 11 is 0. The van der Waals surface area contributed by atoms with Crippen molar-refractivity contribution < 1.29 is 0 Å². The number of fused-ring (bicyclic) bond motifs is 10. The lowest BCUT2D eigenvalue weighted by Crippen LogP contribution is -2.67. The van der Waals surface area contributed by atoms with E-state index in [2.05, 4.69) is 256 Å². The van der Waals surface area contributed by atoms with Gasteiger partial charge in [-0.3, -0.25) is 0 Å². The third-order valence-electron chi connectivity index (χ3n) is 14.4. The molecule has 0 unspecified atom stereocenters. The maximum atomic E-state index is 4.07. The van der Waals surface area contributed by atoms with E-state index in [0.717, 1.165) is 59.9 Å². The van der Waals surface area contributed by atoms with Gasteiger partial charge < -0.3 is 25.3 Å². The largest absolute Gasteiger partial charge is 0.355 e. The zero-order valence-corrected chi connectivity index (χ0v) is 37.3. The Morgan fingerprint density at radius 2 is 0.750 bits per heavy atom. The molecule has 0 bridgehead atoms. The Bertz CT molecular complexity index is 3380. The van der Waals surface area contributed by atoms with Crippen molar-refractivity contribution in [2.45, 2.75) is 0 Å². The van der Waals surface area contributed by atoms with Gasteiger partial charge in [-0.15, -0.1) is 0 Å². The molecule has 0 amide bonds. The highest BCUT2D eigenvalue weighted by atomic mass is 15.2. The fourth-order valence-electron chi connectivity index (χ4n) is 11.7. The molecule has 68 heavy (non-hydrogen) atoms. The summed E-state index contributed by atoms with van der Waals surface area (Å²) in [6, 6.07) is 84.0. The molecule has 8 heteroatoms. The zero-order chi connectivity index (χ0) is 44.7. The summed E-state index contributed by atoms with van der Waals surface area (Å²) in [6.45, 7) is 0.0541. The summed E-state index contributed by atoms with van der Waals surface area (Å²) in [5, 5.41) is 8.15. The summed E-state index contributed by atoms with van der Waals surface area (Å²) in [6.07, 6.45) is 0. The van der Waals surface area contributed by atoms with Gasteiger partial charge in [0.1, 0.15) is 0 Å². The van der Waals surface area contributed by atoms with Crippen molar-refractivity contribution in [3.8, 4) is 11.1 Å². The van der Waals surface area contributed by atoms with Crippen molar-refractivity contribution in [2.24, 2.45) is 0 Å². The Labute approximate surface area is 398 Å². The second-order valence-corrected chi connectivity index (χ2v) is 18.2. The van der Waals surface area contributed by atoms with E-state index in [0.29, 0.717) is 0 Å². The average Bonchev–Trinajstić information content (AvgIpc) is 3.40. The van der Waals surface area contributed by atoms with Crippen LogP contribution in [-0.4, -0.2) is 21.3 Å². The molecule has 4 aliphatic rings. The molecule has 0 fully saturated rings. The molecule has 5 nitrogen and oxygen atoms in total. The van der Waals surface area contributed by atoms with Gasteiger partial charge >= 0.3 is 0 Å². The first-order chi connectivity index (χ1) is 33.8. The van der Waals surface area contributed by atoms with Gasteiger partial charge in [0.15, 0.2) is 14.6 Å². The summed E-state index contributed by atoms with van der Waals surface area (Å²) in [5.74, 6) is 0. The molecule has 0 atom stereocenters. The molecule has 0 aromatic heterocycles. The van der Waals surface area contributed by atoms with Gasteiger partial charge in [-0.25, -0.2) is 0 Å². The topological polar surface area (TPSA) is 33.8 Å². The Morgan fingerprint density at radius 3 is 1.21 bits per heavy atom. The maximum absolute atomic E-state index is 4.07. The van der Waals surface area contributed by atoms with Crippen molar-refractivity contribution in [2.75, 3.05) is 25.3 Å². The highest BCUT2D eigenvalue weighted by Gasteiger charge is 2.49. The zero-order valence-electron chi connectivity index (χ0n) is 37.3. The molecule has 2 N–H and O–H groups in total. The van der Waals surface area contributed by atoms with Crippen molar-refractivity contribution in [3.05, 3.63) is 231 Å². The molecule has 0 aliphatic carbocycles. The number of benzene rings is 10. The van der Waals surface area contributed by atoms with Crippen molar-refractivity contribution in [1.29, 1.82) is 0 Å². The monoisotopic (exact) mass is 865 g/mol. The first kappa shape index (κ1) is 38.6. The number of nitrogens with one attached hydrogen (secondary N) is 2. The van der Waals surface area contributed by atoms with Crippen LogP contribution in [-0.2, 0) is 0 Å². The minimum Gasteiger partial charge on any atom is -0.355 e. The number of nitrogens with zero attached hydrogens (tertiary/aromatic N) is 3. The van der Waals surface area contributed by atoms with E-state index in [9.17, 15) is 0 Å². The molecule has 316 valence electrons. The highest BCUT2D eigenvalue weighted by Crippen LogP contribution is 2.50. The van der Waals surface area contributed by atoms with Crippen LogP contribution in [0.15, 0.2) is 231 Å². The first-order valence-corrected chi connectivity index (χ1v) is 23.6. The number of hydrogen-bond acceptors (Lipinski definition) is 5. The molecular weight excluding hydrogens is 823 g/mol. The van der Waals surface area contributed by atoms with E-state index < -0.39 is 0 Å². The normalized spacial score (nSPS) is 12.9. The van der Waals surface area contributed by atoms with Crippen LogP contribution in [0.2, 0.25) is 0 Å². The van der Waals surface area contributed by atoms with Crippen LogP contribution >= 0.6 is 0 Å². The summed E-state index contributed by atoms with van der Waals surface area (Å²) in [5.41, 5.74) is 26.6. The van der Waals surface area contributed by atoms with Crippen LogP contribution in [0.5, 0.6) is 0 Å². The third-order valence-corrected chi connectivity index (χ3v) is 14.4. The molecule has 0 saturated carbocycles. The van der Waals surface area contributed by atoms with Crippen LogP contribution in [0.25, 0.3) is 11.1 Å². The van der Waals surface area contributed by atoms with Crippen LogP contribution in [0.3, 0.4) is 0 Å². The Balaban J connectivity index is 1.15. The van der Waals surface area contributed by atoms with Gasteiger partial charge in [0.2, 0.25) is 0 Å². The van der Waals surface area contributed by atoms with Gasteiger partial charge in [0, 0.05) is 62.4 Å². The SMILES string of the molecule is B1c2ccccc2N2c3ccccc3B3c4ccccc4N4c5ccccc5Bc5c(-c6c(Nc7ccccc7)cc(N(c7ccccc7)c7ccccc7)cc6Nc6ccccc6)c1c2c3c54. The predicted molar refractivity (Wildman–Crippen MR) is 293 cm³/mol. The summed E-state index contributed by atoms with van der Waals surface area (Å²) in [7, 11) is 1.57. The standard InChI is InChI=1S/C60H42B3N5/c1-5-21-39(22-6-1)64-48-37-43(66(41-25-9-3-10-26-41)42-27-11-4-12-28-42)38-49(65-40-23-7-2-8-24-40)54(48)55-56-59-58-60-57(55)62-45-30-14-18-34-51(45)68(60)53-36-20-16-32-47(53)63(58)46-31-15-19-35-52(46)67(59)50-33-17-13-29-44(50)61-56/h1-38,61-62,64-65H. The third kappa shape index (κ3) is 5.93. The van der Waals surface area contributed by atoms with E-state index in [1.807, 2.05) is 0 Å². The molecule has 0 spiro atoms. The summed E-state index contributed by atoms with van der Waals surface area (Å²) < 4.78 is 0. The lowest BCUT2D eigenvalue weighted by molar-refractivity contribution is 1.27. The Kier molecular flexibility index (Phi) is 8.81. The van der Waals surface area contributed by atoms with E-state index in [4.69, 9.17) is 0 Å². The highest BCUT2D eigenvalue weighted by molar-refractivity contribution is 7.02. The molecule has 4 heterocycles. The molecule has 0 radical (unpaired) electrons. The molecule has 10 aromatic rings. The number of hydrogen-bond donors (Lipinski definition) is 2. The predicted octanol–water partition coefficient (Wildman–Crippen LogP) is 9.79. The van der Waals surface area contributed by atoms with Gasteiger partial charge in [-0.1, -0.05) is 157 Å². The van der Waals surface area contributed by atoms with E-state index >= 15 is 0 Å². The molecule has 14 rings (SSSR count). The maximum Gasteiger partial charge on any atom is 0.252 e. The van der Waals surface area contributed by atoms with Gasteiger partial charge in [0.25, 0.3) is 6.71 Å². The fraction of sp³-hybridized carbons (Fsp3) is 0. The lowest BCUT2D eigenvalue weighted by atomic mass is 9.31. The van der Waals surface area contributed by atoms with E-state index in [1.54, 1.807) is 0 Å². The smallest absolute Gasteiger partial charge is 0.252 e. The van der Waals surface area contributed by atoms with Crippen LogP contribution in [0, 0.1) is 0 Å². The van der Waals surface area contributed by atoms with Crippen molar-refractivity contribution >= 4 is 133 Å². The van der Waals surface area contributed by atoms with Gasteiger partial charge in [-0.2, -0.15) is 0 Å². The van der Waals surface area contributed by atoms with Crippen LogP contribution < -0.4 is 63.6 Å². The average molecular weight is 865 g/mol. The van der Waals surface area contributed by atoms with E-state index in [-0.39, 0.29) is 6.71 Å². The molecule has 4 aliphatic heterocycles. The van der Waals surface area contributed by atoms with Crippen LogP contribution in [0.4, 0.5) is 73.9 Å². The van der Waals surface area contributed by atoms with E-state index in [1.165, 1.54) is 77.9 Å². The van der Waals surface area contributed by atoms with Gasteiger partial charge in [-0.05, 0) is 118 Å². The number of anilines is 13.